The Hall–Kier alpha value is -1.64. The van der Waals surface area contributed by atoms with Crippen LogP contribution < -0.4 is 0 Å². The quantitative estimate of drug-likeness (QED) is 0.898. The van der Waals surface area contributed by atoms with E-state index in [9.17, 15) is 5.11 Å². The number of nitrogens with zero attached hydrogens (tertiary/aromatic N) is 1. The Bertz CT molecular complexity index is 551. The van der Waals surface area contributed by atoms with Crippen LogP contribution in [0.2, 0.25) is 0 Å². The van der Waals surface area contributed by atoms with E-state index < -0.39 is 6.10 Å². The van der Waals surface area contributed by atoms with Crippen molar-refractivity contribution in [3.63, 3.8) is 0 Å². The summed E-state index contributed by atoms with van der Waals surface area (Å²) in [6.07, 6.45) is -0.439. The van der Waals surface area contributed by atoms with E-state index in [1.807, 2.05) is 37.4 Å². The maximum absolute atomic E-state index is 10.3. The SMILES string of the molecule is Cc1cccc(CN(C)CC(O)c2ccccc2)c1C. The van der Waals surface area contributed by atoms with Crippen LogP contribution in [0.5, 0.6) is 0 Å². The van der Waals surface area contributed by atoms with Gasteiger partial charge in [-0.1, -0.05) is 48.5 Å². The highest BCUT2D eigenvalue weighted by Gasteiger charge is 2.11. The Morgan fingerprint density at radius 3 is 2.40 bits per heavy atom. The van der Waals surface area contributed by atoms with Crippen LogP contribution in [0, 0.1) is 13.8 Å². The first kappa shape index (κ1) is 14.8. The molecule has 0 bridgehead atoms. The molecule has 0 amide bonds. The van der Waals surface area contributed by atoms with Crippen molar-refractivity contribution in [2.45, 2.75) is 26.5 Å². The number of aliphatic hydroxyl groups is 1. The van der Waals surface area contributed by atoms with Crippen LogP contribution in [-0.2, 0) is 6.54 Å². The second-order valence-electron chi connectivity index (χ2n) is 5.48. The van der Waals surface area contributed by atoms with Crippen LogP contribution in [0.3, 0.4) is 0 Å². The van der Waals surface area contributed by atoms with Gasteiger partial charge in [0, 0.05) is 13.1 Å². The molecule has 2 heteroatoms. The number of hydrogen-bond acceptors (Lipinski definition) is 2. The molecule has 1 atom stereocenters. The fourth-order valence-electron chi connectivity index (χ4n) is 2.41. The number of aliphatic hydroxyl groups excluding tert-OH is 1. The first-order valence-electron chi connectivity index (χ1n) is 7.04. The molecule has 2 aromatic rings. The average Bonchev–Trinajstić information content (AvgIpc) is 2.45. The molecule has 1 unspecified atom stereocenters. The number of aryl methyl sites for hydroxylation is 1. The Morgan fingerprint density at radius 1 is 1.00 bits per heavy atom. The average molecular weight is 269 g/mol. The van der Waals surface area contributed by atoms with Crippen molar-refractivity contribution in [2.24, 2.45) is 0 Å². The lowest BCUT2D eigenvalue weighted by molar-refractivity contribution is 0.123. The molecular formula is C18H23NO. The van der Waals surface area contributed by atoms with Crippen LogP contribution >= 0.6 is 0 Å². The van der Waals surface area contributed by atoms with Crippen LogP contribution in [0.25, 0.3) is 0 Å². The molecule has 0 aliphatic heterocycles. The fourth-order valence-corrected chi connectivity index (χ4v) is 2.41. The van der Waals surface area contributed by atoms with Gasteiger partial charge < -0.3 is 5.11 Å². The molecule has 1 N–H and O–H groups in total. The van der Waals surface area contributed by atoms with Gasteiger partial charge in [0.15, 0.2) is 0 Å². The molecule has 0 aliphatic carbocycles. The molecule has 2 nitrogen and oxygen atoms in total. The Balaban J connectivity index is 1.99. The highest BCUT2D eigenvalue weighted by atomic mass is 16.3. The molecule has 2 aromatic carbocycles. The van der Waals surface area contributed by atoms with Crippen molar-refractivity contribution in [2.75, 3.05) is 13.6 Å². The second kappa shape index (κ2) is 6.69. The van der Waals surface area contributed by atoms with Gasteiger partial charge in [0.25, 0.3) is 0 Å². The molecule has 20 heavy (non-hydrogen) atoms. The van der Waals surface area contributed by atoms with E-state index in [1.54, 1.807) is 0 Å². The highest BCUT2D eigenvalue weighted by Crippen LogP contribution is 2.17. The van der Waals surface area contributed by atoms with Gasteiger partial charge in [0.1, 0.15) is 0 Å². The van der Waals surface area contributed by atoms with Crippen LogP contribution in [0.4, 0.5) is 0 Å². The minimum atomic E-state index is -0.439. The smallest absolute Gasteiger partial charge is 0.0916 e. The lowest BCUT2D eigenvalue weighted by atomic mass is 10.0. The predicted octanol–water partition coefficient (Wildman–Crippen LogP) is 3.47. The van der Waals surface area contributed by atoms with Gasteiger partial charge >= 0.3 is 0 Å². The summed E-state index contributed by atoms with van der Waals surface area (Å²) < 4.78 is 0. The third-order valence-electron chi connectivity index (χ3n) is 3.83. The number of rotatable bonds is 5. The summed E-state index contributed by atoms with van der Waals surface area (Å²) in [7, 11) is 2.05. The van der Waals surface area contributed by atoms with Gasteiger partial charge in [-0.25, -0.2) is 0 Å². The summed E-state index contributed by atoms with van der Waals surface area (Å²) in [5.74, 6) is 0. The lowest BCUT2D eigenvalue weighted by Crippen LogP contribution is -2.24. The van der Waals surface area contributed by atoms with Crippen LogP contribution in [0.15, 0.2) is 48.5 Å². The van der Waals surface area contributed by atoms with E-state index in [0.717, 1.165) is 12.1 Å². The zero-order valence-corrected chi connectivity index (χ0v) is 12.5. The normalized spacial score (nSPS) is 12.7. The van der Waals surface area contributed by atoms with E-state index in [2.05, 4.69) is 36.9 Å². The summed E-state index contributed by atoms with van der Waals surface area (Å²) in [6.45, 7) is 5.79. The highest BCUT2D eigenvalue weighted by molar-refractivity contribution is 5.33. The van der Waals surface area contributed by atoms with Crippen molar-refractivity contribution in [3.8, 4) is 0 Å². The van der Waals surface area contributed by atoms with Crippen LogP contribution in [0.1, 0.15) is 28.4 Å². The van der Waals surface area contributed by atoms with Gasteiger partial charge in [-0.2, -0.15) is 0 Å². The minimum absolute atomic E-state index is 0.439. The summed E-state index contributed by atoms with van der Waals surface area (Å²) >= 11 is 0. The molecule has 0 aliphatic rings. The predicted molar refractivity (Wildman–Crippen MR) is 83.7 cm³/mol. The lowest BCUT2D eigenvalue weighted by Gasteiger charge is -2.22. The van der Waals surface area contributed by atoms with E-state index in [4.69, 9.17) is 0 Å². The first-order valence-corrected chi connectivity index (χ1v) is 7.04. The third kappa shape index (κ3) is 3.69. The van der Waals surface area contributed by atoms with Gasteiger partial charge in [0.05, 0.1) is 6.10 Å². The van der Waals surface area contributed by atoms with Crippen molar-refractivity contribution in [1.29, 1.82) is 0 Å². The second-order valence-corrected chi connectivity index (χ2v) is 5.48. The Morgan fingerprint density at radius 2 is 1.70 bits per heavy atom. The Labute approximate surface area is 121 Å². The molecular weight excluding hydrogens is 246 g/mol. The standard InChI is InChI=1S/C18H23NO/c1-14-8-7-11-17(15(14)2)12-19(3)13-18(20)16-9-5-4-6-10-16/h4-11,18,20H,12-13H2,1-3H3. The first-order chi connectivity index (χ1) is 9.58. The van der Waals surface area contributed by atoms with Crippen molar-refractivity contribution < 1.29 is 5.11 Å². The molecule has 0 heterocycles. The minimum Gasteiger partial charge on any atom is -0.387 e. The summed E-state index contributed by atoms with van der Waals surface area (Å²) in [5.41, 5.74) is 4.96. The summed E-state index contributed by atoms with van der Waals surface area (Å²) in [5, 5.41) is 10.3. The topological polar surface area (TPSA) is 23.5 Å². The number of likely N-dealkylation sites (N-methyl/N-ethyl adjacent to an activating group) is 1. The van der Waals surface area contributed by atoms with Gasteiger partial charge in [-0.05, 0) is 43.1 Å². The monoisotopic (exact) mass is 269 g/mol. The molecule has 0 aromatic heterocycles. The number of benzene rings is 2. The van der Waals surface area contributed by atoms with Gasteiger partial charge in [-0.15, -0.1) is 0 Å². The largest absolute Gasteiger partial charge is 0.387 e. The summed E-state index contributed by atoms with van der Waals surface area (Å²) in [6, 6.07) is 16.2. The van der Waals surface area contributed by atoms with E-state index in [-0.39, 0.29) is 0 Å². The summed E-state index contributed by atoms with van der Waals surface area (Å²) in [4.78, 5) is 2.17. The van der Waals surface area contributed by atoms with E-state index >= 15 is 0 Å². The zero-order chi connectivity index (χ0) is 14.5. The molecule has 0 fully saturated rings. The van der Waals surface area contributed by atoms with Gasteiger partial charge in [-0.3, -0.25) is 4.90 Å². The van der Waals surface area contributed by atoms with E-state index in [0.29, 0.717) is 6.54 Å². The van der Waals surface area contributed by atoms with Crippen molar-refractivity contribution >= 4 is 0 Å². The maximum atomic E-state index is 10.3. The molecule has 0 saturated heterocycles. The third-order valence-corrected chi connectivity index (χ3v) is 3.83. The molecule has 2 rings (SSSR count). The zero-order valence-electron chi connectivity index (χ0n) is 12.5. The van der Waals surface area contributed by atoms with Crippen molar-refractivity contribution in [3.05, 3.63) is 70.8 Å². The van der Waals surface area contributed by atoms with Crippen molar-refractivity contribution in [1.82, 2.24) is 4.90 Å². The molecule has 106 valence electrons. The molecule has 0 saturated carbocycles. The Kier molecular flexibility index (Phi) is 4.94. The maximum Gasteiger partial charge on any atom is 0.0916 e. The fraction of sp³-hybridized carbons (Fsp3) is 0.333. The van der Waals surface area contributed by atoms with E-state index in [1.165, 1.54) is 16.7 Å². The molecule has 0 spiro atoms. The number of hydrogen-bond donors (Lipinski definition) is 1. The van der Waals surface area contributed by atoms with Gasteiger partial charge in [0.2, 0.25) is 0 Å². The molecule has 0 radical (unpaired) electrons. The van der Waals surface area contributed by atoms with Crippen LogP contribution in [-0.4, -0.2) is 23.6 Å².